The number of ketones is 1. The molecule has 0 aromatic carbocycles. The Labute approximate surface area is 83.5 Å². The summed E-state index contributed by atoms with van der Waals surface area (Å²) < 4.78 is 10.8. The normalized spacial score (nSPS) is 34.1. The van der Waals surface area contributed by atoms with Crippen LogP contribution < -0.4 is 0 Å². The summed E-state index contributed by atoms with van der Waals surface area (Å²) >= 11 is 0. The molecular weight excluding hydrogens is 184 g/mol. The summed E-state index contributed by atoms with van der Waals surface area (Å²) in [6.45, 7) is 7.26. The molecule has 1 N–H and O–H groups in total. The number of carbonyl (C=O) groups excluding carboxylic acids is 1. The minimum Gasteiger partial charge on any atom is -0.382 e. The Morgan fingerprint density at radius 1 is 1.86 bits per heavy atom. The molecule has 1 aliphatic heterocycles. The Balaban J connectivity index is 2.57. The second-order valence-electron chi connectivity index (χ2n) is 3.51. The Morgan fingerprint density at radius 3 is 2.93 bits per heavy atom. The highest BCUT2D eigenvalue weighted by molar-refractivity contribution is 5.93. The summed E-state index contributed by atoms with van der Waals surface area (Å²) in [6.07, 6.45) is 0.0278. The molecule has 0 bridgehead atoms. The Morgan fingerprint density at radius 2 is 2.50 bits per heavy atom. The molecule has 0 amide bonds. The fourth-order valence-corrected chi connectivity index (χ4v) is 1.29. The van der Waals surface area contributed by atoms with Gasteiger partial charge in [-0.05, 0) is 19.4 Å². The molecule has 1 saturated heterocycles. The number of hydrogen-bond acceptors (Lipinski definition) is 4. The van der Waals surface area contributed by atoms with Crippen molar-refractivity contribution in [2.75, 3.05) is 6.61 Å². The maximum Gasteiger partial charge on any atom is 0.186 e. The fourth-order valence-electron chi connectivity index (χ4n) is 1.29. The number of rotatable bonds is 4. The quantitative estimate of drug-likeness (QED) is 0.677. The lowest BCUT2D eigenvalue weighted by molar-refractivity contribution is -0.168. The van der Waals surface area contributed by atoms with Crippen molar-refractivity contribution in [2.45, 2.75) is 38.3 Å². The molecule has 0 radical (unpaired) electrons. The van der Waals surface area contributed by atoms with E-state index in [9.17, 15) is 9.90 Å². The van der Waals surface area contributed by atoms with Crippen molar-refractivity contribution < 1.29 is 19.4 Å². The number of aliphatic hydroxyl groups is 1. The van der Waals surface area contributed by atoms with Crippen molar-refractivity contribution in [3.05, 3.63) is 12.7 Å². The van der Waals surface area contributed by atoms with Crippen LogP contribution in [0.5, 0.6) is 0 Å². The molecule has 4 nitrogen and oxygen atoms in total. The van der Waals surface area contributed by atoms with Gasteiger partial charge in [-0.1, -0.05) is 13.5 Å². The first-order chi connectivity index (χ1) is 6.52. The SMILES string of the molecule is C=CC(=O)C(O)C1COC(C)(CC)O1. The van der Waals surface area contributed by atoms with Gasteiger partial charge in [-0.3, -0.25) is 4.79 Å². The van der Waals surface area contributed by atoms with Crippen LogP contribution in [0.3, 0.4) is 0 Å². The zero-order chi connectivity index (χ0) is 10.8. The Hall–Kier alpha value is -0.710. The van der Waals surface area contributed by atoms with Gasteiger partial charge in [-0.25, -0.2) is 0 Å². The van der Waals surface area contributed by atoms with Crippen molar-refractivity contribution in [2.24, 2.45) is 0 Å². The van der Waals surface area contributed by atoms with Crippen molar-refractivity contribution in [1.82, 2.24) is 0 Å². The molecule has 0 saturated carbocycles. The molecule has 3 unspecified atom stereocenters. The predicted molar refractivity (Wildman–Crippen MR) is 50.7 cm³/mol. The van der Waals surface area contributed by atoms with Crippen molar-refractivity contribution >= 4 is 5.78 Å². The van der Waals surface area contributed by atoms with Crippen LogP contribution in [0.15, 0.2) is 12.7 Å². The highest BCUT2D eigenvalue weighted by Crippen LogP contribution is 2.27. The molecule has 4 heteroatoms. The van der Waals surface area contributed by atoms with E-state index in [-0.39, 0.29) is 6.61 Å². The molecule has 80 valence electrons. The van der Waals surface area contributed by atoms with E-state index in [4.69, 9.17) is 9.47 Å². The van der Waals surface area contributed by atoms with E-state index < -0.39 is 23.8 Å². The molecule has 1 heterocycles. The van der Waals surface area contributed by atoms with Crippen molar-refractivity contribution in [3.8, 4) is 0 Å². The molecule has 14 heavy (non-hydrogen) atoms. The number of carbonyl (C=O) groups is 1. The molecule has 0 aliphatic carbocycles. The number of ether oxygens (including phenoxy) is 2. The van der Waals surface area contributed by atoms with Crippen LogP contribution in [0.2, 0.25) is 0 Å². The van der Waals surface area contributed by atoms with E-state index in [0.717, 1.165) is 6.08 Å². The zero-order valence-corrected chi connectivity index (χ0v) is 8.53. The summed E-state index contributed by atoms with van der Waals surface area (Å²) in [5, 5.41) is 9.52. The van der Waals surface area contributed by atoms with Crippen LogP contribution in [-0.4, -0.2) is 35.5 Å². The third kappa shape index (κ3) is 2.20. The highest BCUT2D eigenvalue weighted by atomic mass is 16.7. The van der Waals surface area contributed by atoms with Crippen LogP contribution in [0.1, 0.15) is 20.3 Å². The first kappa shape index (κ1) is 11.4. The van der Waals surface area contributed by atoms with Gasteiger partial charge in [0.25, 0.3) is 0 Å². The van der Waals surface area contributed by atoms with Gasteiger partial charge >= 0.3 is 0 Å². The van der Waals surface area contributed by atoms with E-state index in [1.54, 1.807) is 6.92 Å². The molecule has 1 rings (SSSR count). The standard InChI is InChI=1S/C10H16O4/c1-4-7(11)9(12)8-6-13-10(3,5-2)14-8/h4,8-9,12H,1,5-6H2,2-3H3. The van der Waals surface area contributed by atoms with E-state index in [1.807, 2.05) is 6.92 Å². The third-order valence-electron chi connectivity index (χ3n) is 2.44. The number of hydrogen-bond donors (Lipinski definition) is 1. The van der Waals surface area contributed by atoms with Gasteiger partial charge in [0.1, 0.15) is 12.2 Å². The largest absolute Gasteiger partial charge is 0.382 e. The van der Waals surface area contributed by atoms with E-state index in [1.165, 1.54) is 0 Å². The minimum atomic E-state index is -1.17. The minimum absolute atomic E-state index is 0.241. The molecular formula is C10H16O4. The van der Waals surface area contributed by atoms with E-state index in [0.29, 0.717) is 6.42 Å². The smallest absolute Gasteiger partial charge is 0.186 e. The summed E-state index contributed by atoms with van der Waals surface area (Å²) in [5.74, 6) is -1.11. The maximum atomic E-state index is 11.1. The predicted octanol–water partition coefficient (Wildman–Crippen LogP) is 0.644. The lowest BCUT2D eigenvalue weighted by Crippen LogP contribution is -2.36. The van der Waals surface area contributed by atoms with E-state index >= 15 is 0 Å². The van der Waals surface area contributed by atoms with Gasteiger partial charge in [-0.15, -0.1) is 0 Å². The van der Waals surface area contributed by atoms with Gasteiger partial charge in [0.05, 0.1) is 6.61 Å². The van der Waals surface area contributed by atoms with Gasteiger partial charge in [0, 0.05) is 0 Å². The van der Waals surface area contributed by atoms with Gasteiger partial charge < -0.3 is 14.6 Å². The van der Waals surface area contributed by atoms with Gasteiger partial charge in [0.2, 0.25) is 0 Å². The average Bonchev–Trinajstić information content (AvgIpc) is 2.59. The second kappa shape index (κ2) is 4.21. The van der Waals surface area contributed by atoms with Gasteiger partial charge in [-0.2, -0.15) is 0 Å². The first-order valence-corrected chi connectivity index (χ1v) is 4.68. The summed E-state index contributed by atoms with van der Waals surface area (Å²) in [5.41, 5.74) is 0. The van der Waals surface area contributed by atoms with Crippen LogP contribution in [0, 0.1) is 0 Å². The zero-order valence-electron chi connectivity index (χ0n) is 8.53. The van der Waals surface area contributed by atoms with Crippen LogP contribution in [-0.2, 0) is 14.3 Å². The van der Waals surface area contributed by atoms with Crippen molar-refractivity contribution in [1.29, 1.82) is 0 Å². The topological polar surface area (TPSA) is 55.8 Å². The van der Waals surface area contributed by atoms with Crippen LogP contribution >= 0.6 is 0 Å². The molecule has 0 aromatic rings. The third-order valence-corrected chi connectivity index (χ3v) is 2.44. The number of aliphatic hydroxyl groups excluding tert-OH is 1. The summed E-state index contributed by atoms with van der Waals surface area (Å²) in [6, 6.07) is 0. The summed E-state index contributed by atoms with van der Waals surface area (Å²) in [7, 11) is 0. The monoisotopic (exact) mass is 200 g/mol. The lowest BCUT2D eigenvalue weighted by Gasteiger charge is -2.22. The van der Waals surface area contributed by atoms with Crippen molar-refractivity contribution in [3.63, 3.8) is 0 Å². The molecule has 3 atom stereocenters. The van der Waals surface area contributed by atoms with Crippen LogP contribution in [0.25, 0.3) is 0 Å². The van der Waals surface area contributed by atoms with Gasteiger partial charge in [0.15, 0.2) is 11.6 Å². The fraction of sp³-hybridized carbons (Fsp3) is 0.700. The molecule has 0 spiro atoms. The Kier molecular flexibility index (Phi) is 3.42. The summed E-state index contributed by atoms with van der Waals surface area (Å²) in [4.78, 5) is 11.1. The molecule has 0 aromatic heterocycles. The van der Waals surface area contributed by atoms with E-state index in [2.05, 4.69) is 6.58 Å². The highest BCUT2D eigenvalue weighted by Gasteiger charge is 2.40. The maximum absolute atomic E-state index is 11.1. The first-order valence-electron chi connectivity index (χ1n) is 4.68. The molecule has 1 fully saturated rings. The second-order valence-corrected chi connectivity index (χ2v) is 3.51. The lowest BCUT2D eigenvalue weighted by atomic mass is 10.1. The molecule has 1 aliphatic rings. The van der Waals surface area contributed by atoms with Crippen LogP contribution in [0.4, 0.5) is 0 Å². The Bertz CT molecular complexity index is 238. The average molecular weight is 200 g/mol.